The minimum Gasteiger partial charge on any atom is -0.380 e. The average Bonchev–Trinajstić information content (AvgIpc) is 1.97. The second kappa shape index (κ2) is 3.24. The zero-order chi connectivity index (χ0) is 10.2. The van der Waals surface area contributed by atoms with Crippen molar-refractivity contribution in [3.63, 3.8) is 0 Å². The molecular formula is C12H19NO. The van der Waals surface area contributed by atoms with Crippen molar-refractivity contribution >= 4 is 0 Å². The van der Waals surface area contributed by atoms with Crippen molar-refractivity contribution in [3.05, 3.63) is 0 Å². The van der Waals surface area contributed by atoms with Gasteiger partial charge in [-0.1, -0.05) is 20.3 Å². The van der Waals surface area contributed by atoms with Gasteiger partial charge in [0, 0.05) is 5.41 Å². The molecule has 2 heteroatoms. The quantitative estimate of drug-likeness (QED) is 0.690. The largest absolute Gasteiger partial charge is 0.380 e. The zero-order valence-electron chi connectivity index (χ0n) is 9.18. The van der Waals surface area contributed by atoms with Crippen LogP contribution in [-0.4, -0.2) is 13.2 Å². The Balaban J connectivity index is 2.15. The molecule has 2 aliphatic rings. The number of hydrogen-bond donors (Lipinski definition) is 0. The summed E-state index contributed by atoms with van der Waals surface area (Å²) in [6.07, 6.45) is 4.58. The molecule has 0 aromatic heterocycles. The molecular weight excluding hydrogens is 174 g/mol. The molecule has 78 valence electrons. The first-order chi connectivity index (χ1) is 6.64. The van der Waals surface area contributed by atoms with E-state index in [-0.39, 0.29) is 10.8 Å². The number of rotatable bonds is 3. The lowest BCUT2D eigenvalue weighted by Gasteiger charge is -2.57. The molecule has 2 fully saturated rings. The van der Waals surface area contributed by atoms with Crippen molar-refractivity contribution in [1.82, 2.24) is 0 Å². The lowest BCUT2D eigenvalue weighted by Crippen LogP contribution is -2.58. The van der Waals surface area contributed by atoms with E-state index in [1.807, 2.05) is 0 Å². The first kappa shape index (κ1) is 9.98. The summed E-state index contributed by atoms with van der Waals surface area (Å²) in [6, 6.07) is 2.58. The van der Waals surface area contributed by atoms with Crippen molar-refractivity contribution in [1.29, 1.82) is 5.26 Å². The van der Waals surface area contributed by atoms with Crippen molar-refractivity contribution < 1.29 is 4.74 Å². The lowest BCUT2D eigenvalue weighted by molar-refractivity contribution is -0.197. The predicted molar refractivity (Wildman–Crippen MR) is 54.6 cm³/mol. The number of ether oxygens (including phenoxy) is 1. The fourth-order valence-corrected chi connectivity index (χ4v) is 3.01. The van der Waals surface area contributed by atoms with E-state index in [0.717, 1.165) is 32.5 Å². The summed E-state index contributed by atoms with van der Waals surface area (Å²) in [7, 11) is 0. The van der Waals surface area contributed by atoms with Crippen molar-refractivity contribution in [2.24, 2.45) is 16.7 Å². The maximum absolute atomic E-state index is 9.34. The Morgan fingerprint density at radius 2 is 2.00 bits per heavy atom. The van der Waals surface area contributed by atoms with Gasteiger partial charge in [0.2, 0.25) is 0 Å². The Morgan fingerprint density at radius 1 is 1.36 bits per heavy atom. The third-order valence-electron chi connectivity index (χ3n) is 3.99. The van der Waals surface area contributed by atoms with Gasteiger partial charge in [0.15, 0.2) is 0 Å². The van der Waals surface area contributed by atoms with E-state index in [9.17, 15) is 5.26 Å². The lowest BCUT2D eigenvalue weighted by atomic mass is 9.50. The minimum atomic E-state index is -0.0322. The summed E-state index contributed by atoms with van der Waals surface area (Å²) in [5.74, 6) is 0.671. The summed E-state index contributed by atoms with van der Waals surface area (Å²) in [6.45, 7) is 6.12. The Morgan fingerprint density at radius 3 is 2.21 bits per heavy atom. The second-order valence-electron chi connectivity index (χ2n) is 5.42. The molecule has 2 rings (SSSR count). The normalized spacial score (nSPS) is 27.6. The predicted octanol–water partition coefficient (Wildman–Crippen LogP) is 2.74. The second-order valence-corrected chi connectivity index (χ2v) is 5.42. The van der Waals surface area contributed by atoms with Gasteiger partial charge in [-0.2, -0.15) is 5.26 Å². The highest BCUT2D eigenvalue weighted by Gasteiger charge is 2.59. The molecule has 0 amide bonds. The molecule has 2 nitrogen and oxygen atoms in total. The first-order valence-corrected chi connectivity index (χ1v) is 5.63. The van der Waals surface area contributed by atoms with Gasteiger partial charge >= 0.3 is 0 Å². The number of nitriles is 1. The van der Waals surface area contributed by atoms with Crippen LogP contribution < -0.4 is 0 Å². The van der Waals surface area contributed by atoms with Gasteiger partial charge in [-0.15, -0.1) is 0 Å². The van der Waals surface area contributed by atoms with Gasteiger partial charge in [0.05, 0.1) is 24.7 Å². The highest BCUT2D eigenvalue weighted by molar-refractivity contribution is 5.17. The molecule has 1 aliphatic heterocycles. The first-order valence-electron chi connectivity index (χ1n) is 5.63. The standard InChI is InChI=1S/C12H19NO/c1-10(2)6-12(8-14-9-12)11(7-13)4-3-5-11/h10H,3-6,8-9H2,1-2H3. The molecule has 0 aromatic carbocycles. The zero-order valence-corrected chi connectivity index (χ0v) is 9.18. The van der Waals surface area contributed by atoms with E-state index in [1.54, 1.807) is 0 Å². The van der Waals surface area contributed by atoms with E-state index < -0.39 is 0 Å². The molecule has 1 saturated heterocycles. The van der Waals surface area contributed by atoms with Crippen LogP contribution in [0.15, 0.2) is 0 Å². The third kappa shape index (κ3) is 1.19. The molecule has 0 bridgehead atoms. The maximum Gasteiger partial charge on any atom is 0.0697 e. The van der Waals surface area contributed by atoms with Crippen LogP contribution in [0.2, 0.25) is 0 Å². The summed E-state index contributed by atoms with van der Waals surface area (Å²) in [5, 5.41) is 9.34. The van der Waals surface area contributed by atoms with Crippen LogP contribution in [-0.2, 0) is 4.74 Å². The van der Waals surface area contributed by atoms with Crippen molar-refractivity contribution in [2.75, 3.05) is 13.2 Å². The summed E-state index contributed by atoms with van der Waals surface area (Å²) in [4.78, 5) is 0. The number of hydrogen-bond acceptors (Lipinski definition) is 2. The summed E-state index contributed by atoms with van der Waals surface area (Å²) >= 11 is 0. The van der Waals surface area contributed by atoms with Crippen LogP contribution in [0.4, 0.5) is 0 Å². The number of nitrogens with zero attached hydrogens (tertiary/aromatic N) is 1. The maximum atomic E-state index is 9.34. The molecule has 0 radical (unpaired) electrons. The van der Waals surface area contributed by atoms with Crippen LogP contribution in [0.1, 0.15) is 39.5 Å². The fraction of sp³-hybridized carbons (Fsp3) is 0.917. The van der Waals surface area contributed by atoms with Crippen LogP contribution in [0, 0.1) is 28.1 Å². The van der Waals surface area contributed by atoms with Crippen LogP contribution in [0.5, 0.6) is 0 Å². The molecule has 0 atom stereocenters. The Hall–Kier alpha value is -0.550. The molecule has 0 unspecified atom stereocenters. The fourth-order valence-electron chi connectivity index (χ4n) is 3.01. The molecule has 1 heterocycles. The minimum absolute atomic E-state index is 0.0322. The summed E-state index contributed by atoms with van der Waals surface area (Å²) in [5.41, 5.74) is 0.170. The highest BCUT2D eigenvalue weighted by Crippen LogP contribution is 2.59. The molecule has 0 spiro atoms. The SMILES string of the molecule is CC(C)CC1(C2(C#N)CCC2)COC1. The van der Waals surface area contributed by atoms with Crippen LogP contribution in [0.25, 0.3) is 0 Å². The van der Waals surface area contributed by atoms with Gasteiger partial charge in [-0.05, 0) is 25.2 Å². The monoisotopic (exact) mass is 193 g/mol. The molecule has 1 saturated carbocycles. The van der Waals surface area contributed by atoms with Gasteiger partial charge < -0.3 is 4.74 Å². The van der Waals surface area contributed by atoms with E-state index in [4.69, 9.17) is 4.74 Å². The van der Waals surface area contributed by atoms with Crippen LogP contribution >= 0.6 is 0 Å². The van der Waals surface area contributed by atoms with Gasteiger partial charge in [0.25, 0.3) is 0 Å². The van der Waals surface area contributed by atoms with Gasteiger partial charge in [-0.3, -0.25) is 0 Å². The summed E-state index contributed by atoms with van der Waals surface area (Å²) < 4.78 is 5.37. The average molecular weight is 193 g/mol. The van der Waals surface area contributed by atoms with Gasteiger partial charge in [-0.25, -0.2) is 0 Å². The molecule has 14 heavy (non-hydrogen) atoms. The third-order valence-corrected chi connectivity index (χ3v) is 3.99. The van der Waals surface area contributed by atoms with Crippen molar-refractivity contribution in [2.45, 2.75) is 39.5 Å². The smallest absolute Gasteiger partial charge is 0.0697 e. The highest BCUT2D eigenvalue weighted by atomic mass is 16.5. The Kier molecular flexibility index (Phi) is 2.31. The van der Waals surface area contributed by atoms with E-state index >= 15 is 0 Å². The van der Waals surface area contributed by atoms with Gasteiger partial charge in [0.1, 0.15) is 0 Å². The van der Waals surface area contributed by atoms with E-state index in [0.29, 0.717) is 5.92 Å². The van der Waals surface area contributed by atoms with Crippen molar-refractivity contribution in [3.8, 4) is 6.07 Å². The Labute approximate surface area is 86.2 Å². The van der Waals surface area contributed by atoms with E-state index in [2.05, 4.69) is 19.9 Å². The topological polar surface area (TPSA) is 33.0 Å². The molecule has 1 aliphatic carbocycles. The molecule has 0 aromatic rings. The molecule has 0 N–H and O–H groups in total. The van der Waals surface area contributed by atoms with Crippen LogP contribution in [0.3, 0.4) is 0 Å². The Bertz CT molecular complexity index is 256. The van der Waals surface area contributed by atoms with E-state index in [1.165, 1.54) is 6.42 Å².